The Morgan fingerprint density at radius 2 is 2.00 bits per heavy atom. The summed E-state index contributed by atoms with van der Waals surface area (Å²) in [5, 5.41) is 0. The first kappa shape index (κ1) is 6.68. The molecule has 1 aromatic carbocycles. The molecule has 0 saturated carbocycles. The van der Waals surface area contributed by atoms with Crippen LogP contribution in [-0.4, -0.2) is 19.0 Å². The largest absolute Gasteiger partial charge is 0.470 e. The fourth-order valence-electron chi connectivity index (χ4n) is 1.30. The minimum atomic E-state index is 0.172. The van der Waals surface area contributed by atoms with Crippen LogP contribution in [0, 0.1) is 0 Å². The Balaban J connectivity index is 2.29. The molecule has 0 fully saturated rings. The van der Waals surface area contributed by atoms with Crippen LogP contribution < -0.4 is 4.74 Å². The van der Waals surface area contributed by atoms with Gasteiger partial charge >= 0.3 is 0 Å². The number of rotatable bonds is 1. The second-order valence-corrected chi connectivity index (χ2v) is 2.97. The zero-order chi connectivity index (χ0) is 7.84. The fraction of sp³-hybridized carbons (Fsp3) is 0.333. The summed E-state index contributed by atoms with van der Waals surface area (Å²) in [6.07, 6.45) is 0.172. The molecule has 11 heavy (non-hydrogen) atoms. The van der Waals surface area contributed by atoms with E-state index >= 15 is 0 Å². The molecule has 0 spiro atoms. The highest BCUT2D eigenvalue weighted by Crippen LogP contribution is 2.39. The predicted molar refractivity (Wildman–Crippen MR) is 43.5 cm³/mol. The van der Waals surface area contributed by atoms with Crippen LogP contribution in [0.15, 0.2) is 24.3 Å². The number of hydrogen-bond acceptors (Lipinski definition) is 2. The van der Waals surface area contributed by atoms with Gasteiger partial charge in [-0.3, -0.25) is 4.90 Å². The van der Waals surface area contributed by atoms with Gasteiger partial charge in [-0.2, -0.15) is 0 Å². The summed E-state index contributed by atoms with van der Waals surface area (Å²) >= 11 is 0. The SMILES string of the molecule is CN(C)C1Oc2ccccc21. The molecular weight excluding hydrogens is 138 g/mol. The average Bonchev–Trinajstić information content (AvgIpc) is 1.90. The summed E-state index contributed by atoms with van der Waals surface area (Å²) in [5.41, 5.74) is 1.29. The van der Waals surface area contributed by atoms with Crippen molar-refractivity contribution in [3.63, 3.8) is 0 Å². The zero-order valence-corrected chi connectivity index (χ0v) is 6.74. The van der Waals surface area contributed by atoms with Crippen molar-refractivity contribution in [1.82, 2.24) is 4.90 Å². The van der Waals surface area contributed by atoms with Gasteiger partial charge in [0.25, 0.3) is 0 Å². The van der Waals surface area contributed by atoms with Gasteiger partial charge < -0.3 is 4.74 Å². The lowest BCUT2D eigenvalue weighted by Gasteiger charge is -2.35. The van der Waals surface area contributed by atoms with Gasteiger partial charge in [-0.05, 0) is 20.2 Å². The molecule has 0 saturated heterocycles. The average molecular weight is 149 g/mol. The molecule has 0 aliphatic carbocycles. The summed E-state index contributed by atoms with van der Waals surface area (Å²) < 4.78 is 5.47. The molecule has 0 N–H and O–H groups in total. The summed E-state index contributed by atoms with van der Waals surface area (Å²) in [5.74, 6) is 1.02. The van der Waals surface area contributed by atoms with Gasteiger partial charge in [0.05, 0.1) is 0 Å². The molecule has 1 aromatic rings. The van der Waals surface area contributed by atoms with E-state index in [2.05, 4.69) is 11.0 Å². The van der Waals surface area contributed by atoms with Crippen molar-refractivity contribution in [2.45, 2.75) is 6.23 Å². The minimum Gasteiger partial charge on any atom is -0.470 e. The molecular formula is C9H11NO. The van der Waals surface area contributed by atoms with E-state index in [0.29, 0.717) is 0 Å². The molecule has 58 valence electrons. The van der Waals surface area contributed by atoms with E-state index in [9.17, 15) is 0 Å². The number of hydrogen-bond donors (Lipinski definition) is 0. The van der Waals surface area contributed by atoms with Crippen molar-refractivity contribution in [3.8, 4) is 5.75 Å². The van der Waals surface area contributed by atoms with Crippen molar-refractivity contribution in [2.24, 2.45) is 0 Å². The number of ether oxygens (including phenoxy) is 1. The van der Waals surface area contributed by atoms with Crippen molar-refractivity contribution in [3.05, 3.63) is 29.8 Å². The third-order valence-corrected chi connectivity index (χ3v) is 1.89. The molecule has 1 aliphatic rings. The second-order valence-electron chi connectivity index (χ2n) is 2.97. The van der Waals surface area contributed by atoms with Crippen LogP contribution >= 0.6 is 0 Å². The first-order valence-electron chi connectivity index (χ1n) is 3.71. The molecule has 2 nitrogen and oxygen atoms in total. The molecule has 1 heterocycles. The molecule has 1 atom stereocenters. The Morgan fingerprint density at radius 1 is 1.27 bits per heavy atom. The number of fused-ring (bicyclic) bond motifs is 1. The van der Waals surface area contributed by atoms with E-state index in [1.807, 2.05) is 32.3 Å². The zero-order valence-electron chi connectivity index (χ0n) is 6.74. The highest BCUT2D eigenvalue weighted by molar-refractivity contribution is 5.41. The van der Waals surface area contributed by atoms with Gasteiger partial charge in [0.1, 0.15) is 5.75 Å². The van der Waals surface area contributed by atoms with E-state index in [-0.39, 0.29) is 6.23 Å². The molecule has 0 amide bonds. The molecule has 2 rings (SSSR count). The first-order valence-corrected chi connectivity index (χ1v) is 3.71. The van der Waals surface area contributed by atoms with E-state index in [4.69, 9.17) is 4.74 Å². The summed E-state index contributed by atoms with van der Waals surface area (Å²) in [4.78, 5) is 2.06. The Hall–Kier alpha value is -1.02. The molecule has 0 radical (unpaired) electrons. The maximum atomic E-state index is 5.47. The summed E-state index contributed by atoms with van der Waals surface area (Å²) in [6.45, 7) is 0. The normalized spacial score (nSPS) is 20.5. The summed E-state index contributed by atoms with van der Waals surface area (Å²) in [6, 6.07) is 8.13. The Labute approximate surface area is 66.4 Å². The lowest BCUT2D eigenvalue weighted by atomic mass is 10.1. The van der Waals surface area contributed by atoms with Gasteiger partial charge in [0.15, 0.2) is 6.23 Å². The number of benzene rings is 1. The predicted octanol–water partition coefficient (Wildman–Crippen LogP) is 1.64. The van der Waals surface area contributed by atoms with Crippen molar-refractivity contribution >= 4 is 0 Å². The molecule has 0 aromatic heterocycles. The van der Waals surface area contributed by atoms with E-state index < -0.39 is 0 Å². The fourth-order valence-corrected chi connectivity index (χ4v) is 1.30. The lowest BCUT2D eigenvalue weighted by molar-refractivity contribution is 0.0193. The summed E-state index contributed by atoms with van der Waals surface area (Å²) in [7, 11) is 4.03. The van der Waals surface area contributed by atoms with Crippen molar-refractivity contribution in [2.75, 3.05) is 14.1 Å². The van der Waals surface area contributed by atoms with Gasteiger partial charge in [0, 0.05) is 5.56 Å². The first-order chi connectivity index (χ1) is 5.29. The van der Waals surface area contributed by atoms with E-state index in [1.165, 1.54) is 5.56 Å². The Morgan fingerprint density at radius 3 is 2.64 bits per heavy atom. The third-order valence-electron chi connectivity index (χ3n) is 1.89. The third kappa shape index (κ3) is 0.906. The monoisotopic (exact) mass is 149 g/mol. The van der Waals surface area contributed by atoms with Crippen molar-refractivity contribution < 1.29 is 4.74 Å². The molecule has 0 bridgehead atoms. The van der Waals surface area contributed by atoms with Crippen LogP contribution in [-0.2, 0) is 0 Å². The van der Waals surface area contributed by atoms with Crippen LogP contribution in [0.1, 0.15) is 11.8 Å². The van der Waals surface area contributed by atoms with Gasteiger partial charge in [0.2, 0.25) is 0 Å². The topological polar surface area (TPSA) is 12.5 Å². The van der Waals surface area contributed by atoms with E-state index in [0.717, 1.165) is 5.75 Å². The van der Waals surface area contributed by atoms with Crippen molar-refractivity contribution in [1.29, 1.82) is 0 Å². The Kier molecular flexibility index (Phi) is 1.36. The standard InChI is InChI=1S/C9H11NO/c1-10(2)9-7-5-3-4-6-8(7)11-9/h3-6,9H,1-2H3. The number of nitrogens with zero attached hydrogens (tertiary/aromatic N) is 1. The lowest BCUT2D eigenvalue weighted by Crippen LogP contribution is -2.32. The van der Waals surface area contributed by atoms with Crippen LogP contribution in [0.3, 0.4) is 0 Å². The quantitative estimate of drug-likeness (QED) is 0.601. The van der Waals surface area contributed by atoms with Gasteiger partial charge in [-0.1, -0.05) is 18.2 Å². The van der Waals surface area contributed by atoms with E-state index in [1.54, 1.807) is 0 Å². The maximum absolute atomic E-state index is 5.47. The van der Waals surface area contributed by atoms with Crippen LogP contribution in [0.2, 0.25) is 0 Å². The molecule has 1 unspecified atom stereocenters. The smallest absolute Gasteiger partial charge is 0.182 e. The van der Waals surface area contributed by atoms with Gasteiger partial charge in [-0.15, -0.1) is 0 Å². The molecule has 2 heteroatoms. The highest BCUT2D eigenvalue weighted by Gasteiger charge is 2.28. The number of para-hydroxylation sites is 1. The Bertz CT molecular complexity index is 270. The van der Waals surface area contributed by atoms with Crippen LogP contribution in [0.5, 0.6) is 5.75 Å². The minimum absolute atomic E-state index is 0.172. The molecule has 1 aliphatic heterocycles. The maximum Gasteiger partial charge on any atom is 0.182 e. The van der Waals surface area contributed by atoms with Crippen LogP contribution in [0.4, 0.5) is 0 Å². The highest BCUT2D eigenvalue weighted by atomic mass is 16.5. The van der Waals surface area contributed by atoms with Crippen LogP contribution in [0.25, 0.3) is 0 Å². The van der Waals surface area contributed by atoms with Gasteiger partial charge in [-0.25, -0.2) is 0 Å². The second kappa shape index (κ2) is 2.24.